The molecule has 101 valence electrons. The topological polar surface area (TPSA) is 121 Å². The maximum Gasteiger partial charge on any atom is 0.123 e. The van der Waals surface area contributed by atoms with Crippen LogP contribution in [0.25, 0.3) is 0 Å². The first kappa shape index (κ1) is 19.3. The van der Waals surface area contributed by atoms with Gasteiger partial charge in [0.15, 0.2) is 0 Å². The summed E-state index contributed by atoms with van der Waals surface area (Å²) in [6.07, 6.45) is 4.24. The molecule has 0 aromatic heterocycles. The number of aliphatic hydroxyl groups is 2. The van der Waals surface area contributed by atoms with Gasteiger partial charge in [0.1, 0.15) is 5.60 Å². The van der Waals surface area contributed by atoms with E-state index in [-0.39, 0.29) is 18.6 Å². The largest absolute Gasteiger partial charge is 0.547 e. The molecule has 1 aliphatic rings. The smallest absolute Gasteiger partial charge is 0.123 e. The molecule has 18 heavy (non-hydrogen) atoms. The van der Waals surface area contributed by atoms with E-state index in [2.05, 4.69) is 0 Å². The molecule has 1 aliphatic carbocycles. The van der Waals surface area contributed by atoms with Crippen molar-refractivity contribution in [3.63, 3.8) is 0 Å². The molecular weight excluding hydrogens is 279 g/mol. The second-order valence-electron chi connectivity index (χ2n) is 3.68. The van der Waals surface area contributed by atoms with Crippen molar-refractivity contribution >= 4 is 11.9 Å². The second-order valence-corrected chi connectivity index (χ2v) is 3.68. The van der Waals surface area contributed by atoms with Crippen molar-refractivity contribution in [1.82, 2.24) is 0 Å². The summed E-state index contributed by atoms with van der Waals surface area (Å²) >= 11 is 0. The summed E-state index contributed by atoms with van der Waals surface area (Å²) in [5.74, 6) is -2.89. The summed E-state index contributed by atoms with van der Waals surface area (Å²) in [5.41, 5.74) is -1.35. The van der Waals surface area contributed by atoms with Gasteiger partial charge in [0.25, 0.3) is 0 Å². The maximum atomic E-state index is 10.4. The summed E-state index contributed by atoms with van der Waals surface area (Å²) in [6.45, 7) is 2.36. The van der Waals surface area contributed by atoms with Gasteiger partial charge < -0.3 is 30.0 Å². The number of carboxylic acid groups (broad SMARTS) is 2. The second kappa shape index (κ2) is 8.10. The van der Waals surface area contributed by atoms with Crippen LogP contribution in [0.15, 0.2) is 23.8 Å². The van der Waals surface area contributed by atoms with Crippen LogP contribution in [0.5, 0.6) is 0 Å². The molecule has 0 aliphatic heterocycles. The molecule has 0 fully saturated rings. The number of rotatable bonds is 3. The molecule has 0 spiro atoms. The van der Waals surface area contributed by atoms with E-state index in [1.165, 1.54) is 6.92 Å². The average Bonchev–Trinajstić information content (AvgIpc) is 2.71. The predicted molar refractivity (Wildman–Crippen MR) is 54.2 cm³/mol. The Morgan fingerprint density at radius 3 is 2.11 bits per heavy atom. The fourth-order valence-electron chi connectivity index (χ4n) is 0.939. The molecule has 0 bridgehead atoms. The first-order valence-electron chi connectivity index (χ1n) is 4.88. The van der Waals surface area contributed by atoms with Crippen molar-refractivity contribution in [1.29, 1.82) is 0 Å². The van der Waals surface area contributed by atoms with Crippen molar-refractivity contribution in [3.8, 4) is 0 Å². The van der Waals surface area contributed by atoms with Crippen LogP contribution in [0.1, 0.15) is 20.3 Å². The van der Waals surface area contributed by atoms with Gasteiger partial charge in [0, 0.05) is 18.6 Å². The van der Waals surface area contributed by atoms with Gasteiger partial charge in [-0.25, -0.2) is 0 Å². The third-order valence-corrected chi connectivity index (χ3v) is 2.14. The molecule has 0 saturated heterocycles. The molecule has 0 aromatic rings. The third-order valence-electron chi connectivity index (χ3n) is 2.14. The molecule has 6 nitrogen and oxygen atoms in total. The van der Waals surface area contributed by atoms with Crippen LogP contribution in [0.3, 0.4) is 0 Å². The molecule has 1 rings (SSSR count). The minimum absolute atomic E-state index is 0. The Kier molecular flexibility index (Phi) is 8.67. The van der Waals surface area contributed by atoms with E-state index in [0.717, 1.165) is 6.92 Å². The molecule has 2 unspecified atom stereocenters. The van der Waals surface area contributed by atoms with E-state index in [0.29, 0.717) is 12.0 Å². The van der Waals surface area contributed by atoms with E-state index in [1.807, 2.05) is 0 Å². The first-order chi connectivity index (χ1) is 7.69. The Labute approximate surface area is 117 Å². The van der Waals surface area contributed by atoms with Gasteiger partial charge in [0.2, 0.25) is 0 Å². The third kappa shape index (κ3) is 6.02. The number of aliphatic carboxylic acids is 2. The van der Waals surface area contributed by atoms with Crippen LogP contribution in [0.4, 0.5) is 0 Å². The van der Waals surface area contributed by atoms with Crippen molar-refractivity contribution in [3.05, 3.63) is 23.8 Å². The number of carboxylic acids is 2. The molecule has 1 radical (unpaired) electrons. The summed E-state index contributed by atoms with van der Waals surface area (Å²) in [4.78, 5) is 19.7. The number of hydrogen-bond donors (Lipinski definition) is 2. The van der Waals surface area contributed by atoms with Gasteiger partial charge >= 0.3 is 0 Å². The fraction of sp³-hybridized carbons (Fsp3) is 0.455. The fourth-order valence-corrected chi connectivity index (χ4v) is 0.939. The molecular formula is C11H14O6V-2. The van der Waals surface area contributed by atoms with E-state index >= 15 is 0 Å². The quantitative estimate of drug-likeness (QED) is 0.593. The van der Waals surface area contributed by atoms with Crippen LogP contribution in [-0.4, -0.2) is 33.9 Å². The normalized spacial score (nSPS) is 17.4. The van der Waals surface area contributed by atoms with Gasteiger partial charge in [-0.05, 0) is 25.8 Å². The summed E-state index contributed by atoms with van der Waals surface area (Å²) in [7, 11) is 0. The SMILES string of the molecule is CC(O)(C(=O)[O-])C1=CC=CC1.CC(O)C(=O)[O-].[V]. The first-order valence-corrected chi connectivity index (χ1v) is 4.88. The van der Waals surface area contributed by atoms with E-state index in [9.17, 15) is 24.9 Å². The van der Waals surface area contributed by atoms with E-state index in [1.54, 1.807) is 18.2 Å². The molecule has 7 heteroatoms. The van der Waals surface area contributed by atoms with Crippen molar-refractivity contribution in [2.75, 3.05) is 0 Å². The zero-order valence-corrected chi connectivity index (χ0v) is 11.4. The predicted octanol–water partition coefficient (Wildman–Crippen LogP) is -2.51. The van der Waals surface area contributed by atoms with Crippen molar-refractivity contribution in [2.45, 2.75) is 32.0 Å². The van der Waals surface area contributed by atoms with E-state index < -0.39 is 23.6 Å². The molecule has 2 atom stereocenters. The van der Waals surface area contributed by atoms with Crippen LogP contribution < -0.4 is 10.2 Å². The Morgan fingerprint density at radius 1 is 1.44 bits per heavy atom. The monoisotopic (exact) mass is 293 g/mol. The van der Waals surface area contributed by atoms with Gasteiger partial charge in [-0.15, -0.1) is 0 Å². The molecule has 0 amide bonds. The number of allylic oxidation sites excluding steroid dienone is 3. The number of aliphatic hydroxyl groups excluding tert-OH is 1. The maximum absolute atomic E-state index is 10.4. The number of carbonyl (C=O) groups is 2. The van der Waals surface area contributed by atoms with E-state index in [4.69, 9.17) is 5.11 Å². The molecule has 2 N–H and O–H groups in total. The Balaban J connectivity index is 0. The molecule has 0 heterocycles. The Hall–Kier alpha value is -1.08. The Morgan fingerprint density at radius 2 is 1.89 bits per heavy atom. The minimum Gasteiger partial charge on any atom is -0.547 e. The Bertz CT molecular complexity index is 357. The zero-order valence-electron chi connectivity index (χ0n) is 9.99. The number of carbonyl (C=O) groups excluding carboxylic acids is 2. The van der Waals surface area contributed by atoms with Crippen molar-refractivity contribution < 1.29 is 48.6 Å². The summed E-state index contributed by atoms with van der Waals surface area (Å²) < 4.78 is 0. The van der Waals surface area contributed by atoms with Gasteiger partial charge in [-0.3, -0.25) is 0 Å². The van der Waals surface area contributed by atoms with Gasteiger partial charge in [-0.1, -0.05) is 18.2 Å². The standard InChI is InChI=1S/C8H10O3.C3H6O3.V/c1-8(11,7(9)10)6-4-2-3-5-6;1-2(4)3(5)6;/h2-4,11H,5H2,1H3,(H,9,10);2,4H,1H3,(H,5,6);/p-2. The average molecular weight is 293 g/mol. The minimum atomic E-state index is -1.82. The molecule has 0 aromatic carbocycles. The summed E-state index contributed by atoms with van der Waals surface area (Å²) in [5, 5.41) is 37.0. The van der Waals surface area contributed by atoms with Gasteiger partial charge in [-0.2, -0.15) is 0 Å². The zero-order chi connectivity index (χ0) is 13.6. The van der Waals surface area contributed by atoms with Gasteiger partial charge in [0.05, 0.1) is 18.0 Å². The van der Waals surface area contributed by atoms with Crippen LogP contribution in [-0.2, 0) is 28.1 Å². The van der Waals surface area contributed by atoms with Crippen LogP contribution >= 0.6 is 0 Å². The van der Waals surface area contributed by atoms with Crippen molar-refractivity contribution in [2.24, 2.45) is 0 Å². The number of hydrogen-bond acceptors (Lipinski definition) is 6. The summed E-state index contributed by atoms with van der Waals surface area (Å²) in [6, 6.07) is 0. The molecule has 0 saturated carbocycles. The van der Waals surface area contributed by atoms with Crippen LogP contribution in [0.2, 0.25) is 0 Å². The van der Waals surface area contributed by atoms with Crippen LogP contribution in [0, 0.1) is 0 Å².